The third-order valence-electron chi connectivity index (χ3n) is 4.05. The summed E-state index contributed by atoms with van der Waals surface area (Å²) in [6, 6.07) is 2.00. The number of anilines is 1. The molecule has 0 unspecified atom stereocenters. The number of hydrogen-bond acceptors (Lipinski definition) is 5. The second-order valence-electron chi connectivity index (χ2n) is 5.66. The highest BCUT2D eigenvalue weighted by Gasteiger charge is 2.23. The van der Waals surface area contributed by atoms with Crippen LogP contribution in [0.3, 0.4) is 0 Å². The van der Waals surface area contributed by atoms with E-state index in [0.29, 0.717) is 5.69 Å². The molecule has 0 spiro atoms. The van der Waals surface area contributed by atoms with Crippen LogP contribution in [0.5, 0.6) is 0 Å². The second kappa shape index (κ2) is 5.75. The number of nitrogens with one attached hydrogen (secondary N) is 1. The number of primary amides is 1. The lowest BCUT2D eigenvalue weighted by Crippen LogP contribution is -2.44. The van der Waals surface area contributed by atoms with Crippen LogP contribution >= 0.6 is 0 Å². The van der Waals surface area contributed by atoms with Crippen molar-refractivity contribution in [1.82, 2.24) is 15.5 Å². The zero-order chi connectivity index (χ0) is 13.9. The monoisotopic (exact) mass is 275 g/mol. The number of piperazine rings is 1. The molecule has 2 aliphatic rings. The Morgan fingerprint density at radius 3 is 2.75 bits per heavy atom. The SMILES string of the molecule is NC(=O)c1nnc(N2CCNCC2)cc1CCC1CC1. The first-order valence-electron chi connectivity index (χ1n) is 7.36. The molecule has 1 aromatic rings. The summed E-state index contributed by atoms with van der Waals surface area (Å²) in [6.45, 7) is 3.76. The Hall–Kier alpha value is -1.69. The number of rotatable bonds is 5. The van der Waals surface area contributed by atoms with Crippen LogP contribution in [0.4, 0.5) is 5.82 Å². The van der Waals surface area contributed by atoms with Gasteiger partial charge in [0.15, 0.2) is 11.5 Å². The Morgan fingerprint density at radius 2 is 2.10 bits per heavy atom. The van der Waals surface area contributed by atoms with E-state index in [1.165, 1.54) is 12.8 Å². The maximum atomic E-state index is 11.5. The van der Waals surface area contributed by atoms with Crippen molar-refractivity contribution < 1.29 is 4.79 Å². The van der Waals surface area contributed by atoms with Gasteiger partial charge in [0.05, 0.1) is 0 Å². The predicted molar refractivity (Wildman–Crippen MR) is 76.7 cm³/mol. The van der Waals surface area contributed by atoms with E-state index in [1.807, 2.05) is 6.07 Å². The van der Waals surface area contributed by atoms with Gasteiger partial charge in [-0.05, 0) is 30.4 Å². The lowest BCUT2D eigenvalue weighted by atomic mass is 10.1. The van der Waals surface area contributed by atoms with Crippen LogP contribution in [-0.2, 0) is 6.42 Å². The number of aromatic nitrogens is 2. The summed E-state index contributed by atoms with van der Waals surface area (Å²) in [4.78, 5) is 13.7. The highest BCUT2D eigenvalue weighted by Crippen LogP contribution is 2.34. The van der Waals surface area contributed by atoms with Crippen LogP contribution in [0.15, 0.2) is 6.07 Å². The van der Waals surface area contributed by atoms with Gasteiger partial charge in [-0.25, -0.2) is 0 Å². The molecular weight excluding hydrogens is 254 g/mol. The summed E-state index contributed by atoms with van der Waals surface area (Å²) >= 11 is 0. The number of nitrogens with two attached hydrogens (primary N) is 1. The molecule has 3 N–H and O–H groups in total. The van der Waals surface area contributed by atoms with Crippen LogP contribution in [0.2, 0.25) is 0 Å². The molecule has 0 radical (unpaired) electrons. The number of hydrogen-bond donors (Lipinski definition) is 2. The Bertz CT molecular complexity index is 494. The zero-order valence-corrected chi connectivity index (χ0v) is 11.6. The normalized spacial score (nSPS) is 19.1. The molecule has 108 valence electrons. The van der Waals surface area contributed by atoms with Crippen molar-refractivity contribution in [3.63, 3.8) is 0 Å². The molecule has 1 amide bonds. The van der Waals surface area contributed by atoms with E-state index >= 15 is 0 Å². The molecule has 0 aromatic carbocycles. The molecule has 1 saturated carbocycles. The summed E-state index contributed by atoms with van der Waals surface area (Å²) < 4.78 is 0. The molecule has 1 aliphatic carbocycles. The van der Waals surface area contributed by atoms with Crippen molar-refractivity contribution in [3.05, 3.63) is 17.3 Å². The summed E-state index contributed by atoms with van der Waals surface area (Å²) in [5.41, 5.74) is 6.69. The van der Waals surface area contributed by atoms with Gasteiger partial charge in [-0.1, -0.05) is 12.8 Å². The minimum atomic E-state index is -0.477. The zero-order valence-electron chi connectivity index (χ0n) is 11.6. The van der Waals surface area contributed by atoms with Gasteiger partial charge in [0.2, 0.25) is 0 Å². The fourth-order valence-electron chi connectivity index (χ4n) is 2.63. The number of amides is 1. The fourth-order valence-corrected chi connectivity index (χ4v) is 2.63. The molecule has 6 heteroatoms. The van der Waals surface area contributed by atoms with Crippen LogP contribution in [0, 0.1) is 5.92 Å². The first kappa shape index (κ1) is 13.3. The Balaban J connectivity index is 1.80. The average Bonchev–Trinajstić information content (AvgIpc) is 3.30. The molecule has 0 bridgehead atoms. The number of carbonyl (C=O) groups excluding carboxylic acids is 1. The second-order valence-corrected chi connectivity index (χ2v) is 5.66. The maximum absolute atomic E-state index is 11.5. The van der Waals surface area contributed by atoms with Gasteiger partial charge in [-0.15, -0.1) is 10.2 Å². The van der Waals surface area contributed by atoms with Crippen molar-refractivity contribution in [1.29, 1.82) is 0 Å². The smallest absolute Gasteiger partial charge is 0.269 e. The first-order chi connectivity index (χ1) is 9.74. The van der Waals surface area contributed by atoms with Crippen molar-refractivity contribution >= 4 is 11.7 Å². The fraction of sp³-hybridized carbons (Fsp3) is 0.643. The van der Waals surface area contributed by atoms with Gasteiger partial charge < -0.3 is 16.0 Å². The van der Waals surface area contributed by atoms with E-state index in [-0.39, 0.29) is 0 Å². The minimum absolute atomic E-state index is 0.338. The molecular formula is C14H21N5O. The van der Waals surface area contributed by atoms with E-state index < -0.39 is 5.91 Å². The van der Waals surface area contributed by atoms with Gasteiger partial charge in [0, 0.05) is 26.2 Å². The molecule has 2 heterocycles. The van der Waals surface area contributed by atoms with E-state index in [9.17, 15) is 4.79 Å². The summed E-state index contributed by atoms with van der Waals surface area (Å²) in [5, 5.41) is 11.6. The van der Waals surface area contributed by atoms with Gasteiger partial charge in [0.25, 0.3) is 5.91 Å². The molecule has 20 heavy (non-hydrogen) atoms. The molecule has 1 aliphatic heterocycles. The first-order valence-corrected chi connectivity index (χ1v) is 7.36. The number of carbonyl (C=O) groups is 1. The molecule has 1 aromatic heterocycles. The summed E-state index contributed by atoms with van der Waals surface area (Å²) in [7, 11) is 0. The summed E-state index contributed by atoms with van der Waals surface area (Å²) in [5.74, 6) is 1.21. The van der Waals surface area contributed by atoms with Gasteiger partial charge in [0.1, 0.15) is 0 Å². The molecule has 1 saturated heterocycles. The van der Waals surface area contributed by atoms with Crippen LogP contribution < -0.4 is 16.0 Å². The topological polar surface area (TPSA) is 84.1 Å². The molecule has 3 rings (SSSR count). The number of aryl methyl sites for hydroxylation is 1. The largest absolute Gasteiger partial charge is 0.364 e. The van der Waals surface area contributed by atoms with E-state index in [0.717, 1.165) is 56.3 Å². The Labute approximate surface area is 118 Å². The third-order valence-corrected chi connectivity index (χ3v) is 4.05. The lowest BCUT2D eigenvalue weighted by Gasteiger charge is -2.28. The molecule has 2 fully saturated rings. The lowest BCUT2D eigenvalue weighted by molar-refractivity contribution is 0.0993. The predicted octanol–water partition coefficient (Wildman–Crippen LogP) is 0.328. The molecule has 6 nitrogen and oxygen atoms in total. The van der Waals surface area contributed by atoms with E-state index in [4.69, 9.17) is 5.73 Å². The summed E-state index contributed by atoms with van der Waals surface area (Å²) in [6.07, 6.45) is 4.62. The highest BCUT2D eigenvalue weighted by molar-refractivity contribution is 5.92. The third kappa shape index (κ3) is 3.07. The number of nitrogens with zero attached hydrogens (tertiary/aromatic N) is 3. The van der Waals surface area contributed by atoms with Gasteiger partial charge in [-0.3, -0.25) is 4.79 Å². The van der Waals surface area contributed by atoms with Gasteiger partial charge >= 0.3 is 0 Å². The van der Waals surface area contributed by atoms with Crippen LogP contribution in [-0.4, -0.2) is 42.3 Å². The van der Waals surface area contributed by atoms with Crippen molar-refractivity contribution in [2.75, 3.05) is 31.1 Å². The Morgan fingerprint density at radius 1 is 1.35 bits per heavy atom. The standard InChI is InChI=1S/C14H21N5O/c15-14(20)13-11(4-3-10-1-2-10)9-12(17-18-13)19-7-5-16-6-8-19/h9-10,16H,1-8H2,(H2,15,20). The van der Waals surface area contributed by atoms with Crippen LogP contribution in [0.25, 0.3) is 0 Å². The van der Waals surface area contributed by atoms with Crippen molar-refractivity contribution in [2.24, 2.45) is 11.7 Å². The quantitative estimate of drug-likeness (QED) is 0.809. The van der Waals surface area contributed by atoms with E-state index in [2.05, 4.69) is 20.4 Å². The maximum Gasteiger partial charge on any atom is 0.269 e. The minimum Gasteiger partial charge on any atom is -0.364 e. The average molecular weight is 275 g/mol. The van der Waals surface area contributed by atoms with Crippen molar-refractivity contribution in [3.8, 4) is 0 Å². The van der Waals surface area contributed by atoms with Crippen LogP contribution in [0.1, 0.15) is 35.3 Å². The van der Waals surface area contributed by atoms with Crippen molar-refractivity contribution in [2.45, 2.75) is 25.7 Å². The van der Waals surface area contributed by atoms with E-state index in [1.54, 1.807) is 0 Å². The van der Waals surface area contributed by atoms with Gasteiger partial charge in [-0.2, -0.15) is 0 Å². The Kier molecular flexibility index (Phi) is 3.82. The molecule has 0 atom stereocenters. The highest BCUT2D eigenvalue weighted by atomic mass is 16.1.